The second-order valence-electron chi connectivity index (χ2n) is 5.06. The molecule has 20 heavy (non-hydrogen) atoms. The summed E-state index contributed by atoms with van der Waals surface area (Å²) in [5.74, 6) is -0.328. The van der Waals surface area contributed by atoms with E-state index in [0.717, 1.165) is 22.9 Å². The molecule has 1 aromatic carbocycles. The van der Waals surface area contributed by atoms with E-state index >= 15 is 0 Å². The van der Waals surface area contributed by atoms with Gasteiger partial charge >= 0.3 is 0 Å². The van der Waals surface area contributed by atoms with Gasteiger partial charge in [-0.3, -0.25) is 9.59 Å². The Morgan fingerprint density at radius 2 is 2.15 bits per heavy atom. The van der Waals surface area contributed by atoms with Gasteiger partial charge in [-0.2, -0.15) is 0 Å². The molecule has 1 fully saturated rings. The first-order chi connectivity index (χ1) is 9.47. The highest BCUT2D eigenvalue weighted by Crippen LogP contribution is 2.35. The zero-order chi connectivity index (χ0) is 14.7. The quantitative estimate of drug-likeness (QED) is 0.810. The predicted molar refractivity (Wildman–Crippen MR) is 80.7 cm³/mol. The molecule has 0 saturated heterocycles. The van der Waals surface area contributed by atoms with E-state index in [0.29, 0.717) is 11.5 Å². The third-order valence-corrected chi connectivity index (χ3v) is 3.83. The minimum absolute atomic E-state index is 0.279. The molecule has 0 aliphatic heterocycles. The average molecular weight is 337 g/mol. The normalized spacial score (nSPS) is 16.6. The van der Waals surface area contributed by atoms with Gasteiger partial charge in [0.05, 0.1) is 0 Å². The number of hydrogen-bond donors (Lipinski definition) is 2. The number of carbonyl (C=O) groups excluding carboxylic acids is 2. The molecule has 1 saturated carbocycles. The Morgan fingerprint density at radius 3 is 2.70 bits per heavy atom. The van der Waals surface area contributed by atoms with Crippen molar-refractivity contribution in [2.75, 3.05) is 0 Å². The lowest BCUT2D eigenvalue weighted by Crippen LogP contribution is -2.36. The van der Waals surface area contributed by atoms with Crippen molar-refractivity contribution in [1.82, 2.24) is 5.32 Å². The largest absolute Gasteiger partial charge is 0.368 e. The van der Waals surface area contributed by atoms with Gasteiger partial charge in [0.25, 0.3) is 0 Å². The van der Waals surface area contributed by atoms with E-state index in [1.54, 1.807) is 24.3 Å². The van der Waals surface area contributed by atoms with Crippen LogP contribution >= 0.6 is 15.9 Å². The van der Waals surface area contributed by atoms with Crippen molar-refractivity contribution < 1.29 is 9.59 Å². The number of carbonyl (C=O) groups is 2. The molecule has 1 aromatic rings. The number of amides is 2. The Kier molecular flexibility index (Phi) is 4.60. The summed E-state index contributed by atoms with van der Waals surface area (Å²) in [6.45, 7) is 1.94. The molecule has 5 heteroatoms. The van der Waals surface area contributed by atoms with E-state index in [2.05, 4.69) is 21.2 Å². The molecular formula is C15H17BrN2O2. The summed E-state index contributed by atoms with van der Waals surface area (Å²) >= 11 is 3.34. The van der Waals surface area contributed by atoms with Crippen LogP contribution in [-0.2, 0) is 9.59 Å². The van der Waals surface area contributed by atoms with Crippen LogP contribution in [0.25, 0.3) is 0 Å². The minimum Gasteiger partial charge on any atom is -0.368 e. The Bertz CT molecular complexity index is 565. The maximum Gasteiger partial charge on any atom is 0.244 e. The number of benzene rings is 1. The number of nitrogens with one attached hydrogen (secondary N) is 1. The third kappa shape index (κ3) is 3.93. The van der Waals surface area contributed by atoms with Crippen molar-refractivity contribution >= 4 is 27.7 Å². The summed E-state index contributed by atoms with van der Waals surface area (Å²) in [7, 11) is 0. The molecular weight excluding hydrogens is 320 g/mol. The topological polar surface area (TPSA) is 72.2 Å². The van der Waals surface area contributed by atoms with Crippen molar-refractivity contribution in [3.63, 3.8) is 0 Å². The van der Waals surface area contributed by atoms with E-state index in [9.17, 15) is 9.59 Å². The molecule has 3 N–H and O–H groups in total. The Hall–Kier alpha value is -1.62. The van der Waals surface area contributed by atoms with Crippen LogP contribution in [0.5, 0.6) is 0 Å². The van der Waals surface area contributed by atoms with Crippen molar-refractivity contribution in [2.24, 2.45) is 11.7 Å². The summed E-state index contributed by atoms with van der Waals surface area (Å²) in [6, 6.07) is 6.36. The maximum absolute atomic E-state index is 12.0. The lowest BCUT2D eigenvalue weighted by molar-refractivity contribution is -0.125. The van der Waals surface area contributed by atoms with Gasteiger partial charge in [-0.15, -0.1) is 0 Å². The van der Waals surface area contributed by atoms with Crippen LogP contribution in [0, 0.1) is 5.92 Å². The first-order valence-electron chi connectivity index (χ1n) is 6.51. The highest BCUT2D eigenvalue weighted by atomic mass is 79.9. The SMILES string of the molecule is CC(=CC(=O)NC(C(N)=O)c1cccc(Br)c1)C1CC1. The second-order valence-corrected chi connectivity index (χ2v) is 5.98. The van der Waals surface area contributed by atoms with E-state index < -0.39 is 11.9 Å². The number of primary amides is 1. The van der Waals surface area contributed by atoms with Crippen molar-refractivity contribution in [3.8, 4) is 0 Å². The van der Waals surface area contributed by atoms with E-state index in [1.165, 1.54) is 0 Å². The number of nitrogens with two attached hydrogens (primary N) is 1. The molecule has 1 unspecified atom stereocenters. The zero-order valence-corrected chi connectivity index (χ0v) is 12.8. The molecule has 0 heterocycles. The molecule has 2 amide bonds. The molecule has 1 aliphatic carbocycles. The maximum atomic E-state index is 12.0. The summed E-state index contributed by atoms with van der Waals surface area (Å²) in [6.07, 6.45) is 3.84. The van der Waals surface area contributed by atoms with Crippen LogP contribution in [0.2, 0.25) is 0 Å². The first-order valence-corrected chi connectivity index (χ1v) is 7.30. The Balaban J connectivity index is 2.11. The fourth-order valence-electron chi connectivity index (χ4n) is 2.05. The van der Waals surface area contributed by atoms with E-state index in [4.69, 9.17) is 5.73 Å². The highest BCUT2D eigenvalue weighted by Gasteiger charge is 2.24. The number of rotatable bonds is 5. The van der Waals surface area contributed by atoms with Crippen LogP contribution in [0.1, 0.15) is 31.4 Å². The third-order valence-electron chi connectivity index (χ3n) is 3.33. The molecule has 1 atom stereocenters. The predicted octanol–water partition coefficient (Wildman–Crippen LogP) is 2.45. The van der Waals surface area contributed by atoms with Gasteiger partial charge in [0.15, 0.2) is 0 Å². The van der Waals surface area contributed by atoms with E-state index in [1.807, 2.05) is 13.0 Å². The van der Waals surface area contributed by atoms with Crippen LogP contribution in [-0.4, -0.2) is 11.8 Å². The minimum atomic E-state index is -0.816. The van der Waals surface area contributed by atoms with Crippen LogP contribution in [0.4, 0.5) is 0 Å². The molecule has 4 nitrogen and oxygen atoms in total. The summed E-state index contributed by atoms with van der Waals surface area (Å²) in [5.41, 5.74) is 7.10. The number of hydrogen-bond acceptors (Lipinski definition) is 2. The molecule has 0 aromatic heterocycles. The van der Waals surface area contributed by atoms with Crippen molar-refractivity contribution in [2.45, 2.75) is 25.8 Å². The first kappa shape index (κ1) is 14.8. The lowest BCUT2D eigenvalue weighted by Gasteiger charge is -2.15. The van der Waals surface area contributed by atoms with Gasteiger partial charge in [0.1, 0.15) is 6.04 Å². The molecule has 2 rings (SSSR count). The average Bonchev–Trinajstić information content (AvgIpc) is 3.19. The fraction of sp³-hybridized carbons (Fsp3) is 0.333. The zero-order valence-electron chi connectivity index (χ0n) is 11.2. The van der Waals surface area contributed by atoms with Crippen molar-refractivity contribution in [1.29, 1.82) is 0 Å². The lowest BCUT2D eigenvalue weighted by atomic mass is 10.1. The molecule has 0 radical (unpaired) electrons. The standard InChI is InChI=1S/C15H17BrN2O2/c1-9(10-5-6-10)7-13(19)18-14(15(17)20)11-3-2-4-12(16)8-11/h2-4,7-8,10,14H,5-6H2,1H3,(H2,17,20)(H,18,19). The van der Waals surface area contributed by atoms with E-state index in [-0.39, 0.29) is 5.91 Å². The monoisotopic (exact) mass is 336 g/mol. The summed E-state index contributed by atoms with van der Waals surface area (Å²) in [4.78, 5) is 23.5. The number of allylic oxidation sites excluding steroid dienone is 1. The number of halogens is 1. The Labute approximate surface area is 126 Å². The highest BCUT2D eigenvalue weighted by molar-refractivity contribution is 9.10. The molecule has 0 bridgehead atoms. The van der Waals surface area contributed by atoms with Gasteiger partial charge in [-0.1, -0.05) is 33.6 Å². The Morgan fingerprint density at radius 1 is 1.45 bits per heavy atom. The summed E-state index contributed by atoms with van der Waals surface area (Å²) in [5, 5.41) is 2.66. The van der Waals surface area contributed by atoms with Crippen LogP contribution in [0.15, 0.2) is 40.4 Å². The smallest absolute Gasteiger partial charge is 0.244 e. The van der Waals surface area contributed by atoms with Crippen LogP contribution in [0.3, 0.4) is 0 Å². The van der Waals surface area contributed by atoms with Gasteiger partial charge in [0.2, 0.25) is 11.8 Å². The molecule has 106 valence electrons. The molecule has 1 aliphatic rings. The van der Waals surface area contributed by atoms with Crippen molar-refractivity contribution in [3.05, 3.63) is 46.0 Å². The molecule has 0 spiro atoms. The van der Waals surface area contributed by atoms with Gasteiger partial charge in [0, 0.05) is 10.5 Å². The van der Waals surface area contributed by atoms with Crippen LogP contribution < -0.4 is 11.1 Å². The summed E-state index contributed by atoms with van der Waals surface area (Å²) < 4.78 is 0.834. The van der Waals surface area contributed by atoms with Gasteiger partial charge in [-0.05, 0) is 43.4 Å². The second kappa shape index (κ2) is 6.22. The fourth-order valence-corrected chi connectivity index (χ4v) is 2.47. The van der Waals surface area contributed by atoms with Gasteiger partial charge < -0.3 is 11.1 Å². The van der Waals surface area contributed by atoms with Gasteiger partial charge in [-0.25, -0.2) is 0 Å².